The number of hydrogen-bond donors (Lipinski definition) is 0. The van der Waals surface area contributed by atoms with Gasteiger partial charge in [0.25, 0.3) is 0 Å². The summed E-state index contributed by atoms with van der Waals surface area (Å²) in [6.07, 6.45) is 0. The molecule has 11 rings (SSSR count). The van der Waals surface area contributed by atoms with Crippen molar-refractivity contribution in [3.63, 3.8) is 0 Å². The Morgan fingerprint density at radius 2 is 0.920 bits per heavy atom. The molecule has 50 heavy (non-hydrogen) atoms. The Labute approximate surface area is 289 Å². The largest absolute Gasteiger partial charge is 0.452 e. The quantitative estimate of drug-likeness (QED) is 0.194. The van der Waals surface area contributed by atoms with Gasteiger partial charge in [0.1, 0.15) is 16.8 Å². The predicted octanol–water partition coefficient (Wildman–Crippen LogP) is 11.7. The van der Waals surface area contributed by atoms with Crippen LogP contribution in [0.2, 0.25) is 0 Å². The lowest BCUT2D eigenvalue weighted by Crippen LogP contribution is -2.25. The van der Waals surface area contributed by atoms with Gasteiger partial charge in [-0.05, 0) is 73.8 Å². The second-order valence-electron chi connectivity index (χ2n) is 13.3. The van der Waals surface area contributed by atoms with Crippen LogP contribution in [0.25, 0.3) is 78.1 Å². The standard InChI is InChI=1S/C47H28N2O/c1-3-13-29(14-4-1)43-45-44(49-46(48-43)30-15-5-2-6-16-30)37-27-31(24-26-42(37)50-45)32-23-25-36-35-19-9-12-22-40(35)47(41(36)28-32)38-20-10-7-17-33(38)34-18-8-11-21-39(34)47/h1-28H. The van der Waals surface area contributed by atoms with Crippen LogP contribution in [0, 0.1) is 0 Å². The van der Waals surface area contributed by atoms with E-state index < -0.39 is 0 Å². The van der Waals surface area contributed by atoms with Crippen LogP contribution in [-0.2, 0) is 5.41 Å². The first-order valence-corrected chi connectivity index (χ1v) is 17.1. The smallest absolute Gasteiger partial charge is 0.180 e. The summed E-state index contributed by atoms with van der Waals surface area (Å²) in [4.78, 5) is 10.2. The Morgan fingerprint density at radius 3 is 1.56 bits per heavy atom. The van der Waals surface area contributed by atoms with E-state index in [4.69, 9.17) is 14.4 Å². The summed E-state index contributed by atoms with van der Waals surface area (Å²) < 4.78 is 6.57. The maximum atomic E-state index is 6.57. The average Bonchev–Trinajstić information content (AvgIpc) is 3.82. The predicted molar refractivity (Wildman–Crippen MR) is 202 cm³/mol. The third-order valence-corrected chi connectivity index (χ3v) is 10.7. The summed E-state index contributed by atoms with van der Waals surface area (Å²) >= 11 is 0. The number of rotatable bonds is 3. The van der Waals surface area contributed by atoms with Crippen molar-refractivity contribution in [2.75, 3.05) is 0 Å². The summed E-state index contributed by atoms with van der Waals surface area (Å²) in [6, 6.07) is 60.8. The Bertz CT molecular complexity index is 2750. The molecule has 0 saturated carbocycles. The molecule has 0 unspecified atom stereocenters. The fourth-order valence-electron chi connectivity index (χ4n) is 8.61. The topological polar surface area (TPSA) is 38.9 Å². The first-order chi connectivity index (χ1) is 24.8. The highest BCUT2D eigenvalue weighted by Gasteiger charge is 2.51. The van der Waals surface area contributed by atoms with Crippen LogP contribution >= 0.6 is 0 Å². The molecule has 0 N–H and O–H groups in total. The van der Waals surface area contributed by atoms with E-state index in [2.05, 4.69) is 133 Å². The molecule has 3 nitrogen and oxygen atoms in total. The van der Waals surface area contributed by atoms with Gasteiger partial charge in [-0.3, -0.25) is 0 Å². The molecule has 2 aliphatic carbocycles. The first-order valence-electron chi connectivity index (χ1n) is 17.1. The molecular formula is C47H28N2O. The fraction of sp³-hybridized carbons (Fsp3) is 0.0213. The SMILES string of the molecule is c1ccc(-c2nc(-c3ccccc3)c3oc4ccc(-c5ccc6c(c5)C5(c7ccccc7-c7ccccc75)c5ccccc5-6)cc4c3n2)cc1. The van der Waals surface area contributed by atoms with Crippen LogP contribution < -0.4 is 0 Å². The second kappa shape index (κ2) is 10.2. The van der Waals surface area contributed by atoms with Crippen molar-refractivity contribution in [2.24, 2.45) is 0 Å². The summed E-state index contributed by atoms with van der Waals surface area (Å²) in [7, 11) is 0. The molecule has 0 radical (unpaired) electrons. The summed E-state index contributed by atoms with van der Waals surface area (Å²) in [5, 5.41) is 0.976. The average molecular weight is 637 g/mol. The number of fused-ring (bicyclic) bond motifs is 13. The molecule has 9 aromatic rings. The van der Waals surface area contributed by atoms with E-state index >= 15 is 0 Å². The molecule has 0 fully saturated rings. The summed E-state index contributed by atoms with van der Waals surface area (Å²) in [5.41, 5.74) is 17.5. The Morgan fingerprint density at radius 1 is 0.400 bits per heavy atom. The van der Waals surface area contributed by atoms with Crippen molar-refractivity contribution in [3.05, 3.63) is 192 Å². The van der Waals surface area contributed by atoms with E-state index in [1.165, 1.54) is 44.5 Å². The lowest BCUT2D eigenvalue weighted by atomic mass is 9.70. The van der Waals surface area contributed by atoms with Gasteiger partial charge < -0.3 is 4.42 Å². The van der Waals surface area contributed by atoms with Gasteiger partial charge in [-0.1, -0.05) is 152 Å². The molecule has 0 atom stereocenters. The van der Waals surface area contributed by atoms with E-state index in [-0.39, 0.29) is 5.41 Å². The Balaban J connectivity index is 1.15. The van der Waals surface area contributed by atoms with Crippen molar-refractivity contribution in [1.29, 1.82) is 0 Å². The third-order valence-electron chi connectivity index (χ3n) is 10.7. The highest BCUT2D eigenvalue weighted by atomic mass is 16.3. The van der Waals surface area contributed by atoms with E-state index in [0.29, 0.717) is 11.4 Å². The van der Waals surface area contributed by atoms with Gasteiger partial charge in [-0.2, -0.15) is 0 Å². The van der Waals surface area contributed by atoms with Crippen LogP contribution in [0.15, 0.2) is 174 Å². The lowest BCUT2D eigenvalue weighted by Gasteiger charge is -2.30. The van der Waals surface area contributed by atoms with Crippen molar-refractivity contribution >= 4 is 22.1 Å². The molecule has 0 amide bonds. The highest BCUT2D eigenvalue weighted by Crippen LogP contribution is 2.63. The molecule has 0 bridgehead atoms. The molecule has 2 aromatic heterocycles. The zero-order valence-corrected chi connectivity index (χ0v) is 27.0. The maximum absolute atomic E-state index is 6.57. The van der Waals surface area contributed by atoms with Crippen molar-refractivity contribution < 1.29 is 4.42 Å². The zero-order chi connectivity index (χ0) is 32.8. The third kappa shape index (κ3) is 3.64. The van der Waals surface area contributed by atoms with E-state index in [1.54, 1.807) is 0 Å². The first kappa shape index (κ1) is 27.4. The number of furan rings is 1. The molecule has 7 aromatic carbocycles. The summed E-state index contributed by atoms with van der Waals surface area (Å²) in [5.74, 6) is 0.681. The second-order valence-corrected chi connectivity index (χ2v) is 13.3. The normalized spacial score (nSPS) is 13.4. The van der Waals surface area contributed by atoms with Gasteiger partial charge in [0.15, 0.2) is 11.4 Å². The molecule has 2 aliphatic rings. The minimum atomic E-state index is -0.385. The number of benzene rings is 7. The number of hydrogen-bond acceptors (Lipinski definition) is 3. The molecule has 1 spiro atoms. The van der Waals surface area contributed by atoms with Crippen molar-refractivity contribution in [1.82, 2.24) is 9.97 Å². The molecular weight excluding hydrogens is 609 g/mol. The van der Waals surface area contributed by atoms with E-state index in [9.17, 15) is 0 Å². The van der Waals surface area contributed by atoms with Crippen LogP contribution in [0.5, 0.6) is 0 Å². The lowest BCUT2D eigenvalue weighted by molar-refractivity contribution is 0.667. The van der Waals surface area contributed by atoms with E-state index in [1.807, 2.05) is 36.4 Å². The van der Waals surface area contributed by atoms with Crippen LogP contribution in [-0.4, -0.2) is 9.97 Å². The highest BCUT2D eigenvalue weighted by molar-refractivity contribution is 6.08. The van der Waals surface area contributed by atoms with E-state index in [0.717, 1.165) is 44.4 Å². The van der Waals surface area contributed by atoms with Gasteiger partial charge in [-0.15, -0.1) is 0 Å². The fourth-order valence-corrected chi connectivity index (χ4v) is 8.61. The van der Waals surface area contributed by atoms with Crippen LogP contribution in [0.4, 0.5) is 0 Å². The van der Waals surface area contributed by atoms with Crippen molar-refractivity contribution in [2.45, 2.75) is 5.41 Å². The van der Waals surface area contributed by atoms with Crippen molar-refractivity contribution in [3.8, 4) is 56.0 Å². The monoisotopic (exact) mass is 636 g/mol. The minimum Gasteiger partial charge on any atom is -0.452 e. The molecule has 232 valence electrons. The minimum absolute atomic E-state index is 0.385. The number of nitrogens with zero attached hydrogens (tertiary/aromatic N) is 2. The van der Waals surface area contributed by atoms with Crippen LogP contribution in [0.1, 0.15) is 22.3 Å². The van der Waals surface area contributed by atoms with Gasteiger partial charge in [0, 0.05) is 16.5 Å². The van der Waals surface area contributed by atoms with Gasteiger partial charge in [-0.25, -0.2) is 9.97 Å². The van der Waals surface area contributed by atoms with Gasteiger partial charge in [0.05, 0.1) is 5.41 Å². The van der Waals surface area contributed by atoms with Gasteiger partial charge >= 0.3 is 0 Å². The zero-order valence-electron chi connectivity index (χ0n) is 27.0. The number of aromatic nitrogens is 2. The summed E-state index contributed by atoms with van der Waals surface area (Å²) in [6.45, 7) is 0. The molecule has 0 saturated heterocycles. The Hall–Kier alpha value is -6.58. The van der Waals surface area contributed by atoms with Gasteiger partial charge in [0.2, 0.25) is 0 Å². The molecule has 0 aliphatic heterocycles. The maximum Gasteiger partial charge on any atom is 0.180 e. The Kier molecular flexibility index (Phi) is 5.59. The molecule has 2 heterocycles. The molecule has 3 heteroatoms. The van der Waals surface area contributed by atoms with Crippen LogP contribution in [0.3, 0.4) is 0 Å².